The summed E-state index contributed by atoms with van der Waals surface area (Å²) in [6.07, 6.45) is 7.53. The molecule has 5 aromatic rings. The number of Topliss-reactive ketones (excluding diaryl/α,β-unsaturated/α-hetero) is 1. The van der Waals surface area contributed by atoms with E-state index >= 15 is 4.39 Å². The molecular weight excluding hydrogens is 527 g/mol. The van der Waals surface area contributed by atoms with Gasteiger partial charge < -0.3 is 15.6 Å². The quantitative estimate of drug-likeness (QED) is 0.277. The Bertz CT molecular complexity index is 1810. The number of fused-ring (bicyclic) bond motifs is 3. The number of carbonyl (C=O) groups is 2. The maximum absolute atomic E-state index is 15.2. The van der Waals surface area contributed by atoms with E-state index in [9.17, 15) is 9.59 Å². The van der Waals surface area contributed by atoms with E-state index in [2.05, 4.69) is 30.2 Å². The van der Waals surface area contributed by atoms with Crippen LogP contribution < -0.4 is 5.73 Å². The Morgan fingerprint density at radius 3 is 2.51 bits per heavy atom. The van der Waals surface area contributed by atoms with E-state index in [4.69, 9.17) is 10.7 Å². The molecule has 7 rings (SSSR count). The molecule has 13 heteroatoms. The fourth-order valence-electron chi connectivity index (χ4n) is 6.48. The van der Waals surface area contributed by atoms with Crippen LogP contribution in [0.5, 0.6) is 0 Å². The number of imidazole rings is 1. The summed E-state index contributed by atoms with van der Waals surface area (Å²) in [5.41, 5.74) is 10.3. The van der Waals surface area contributed by atoms with Crippen LogP contribution in [-0.4, -0.2) is 68.4 Å². The third kappa shape index (κ3) is 3.99. The highest BCUT2D eigenvalue weighted by molar-refractivity contribution is 6.00. The van der Waals surface area contributed by atoms with Gasteiger partial charge in [0.15, 0.2) is 11.4 Å². The highest BCUT2D eigenvalue weighted by Gasteiger charge is 2.45. The molecule has 1 aromatic carbocycles. The van der Waals surface area contributed by atoms with Gasteiger partial charge in [0, 0.05) is 35.5 Å². The smallest absolute Gasteiger partial charge is 0.291 e. The first kappa shape index (κ1) is 25.1. The molecular formula is C28H27FN10O2. The van der Waals surface area contributed by atoms with Gasteiger partial charge in [0.25, 0.3) is 5.91 Å². The number of anilines is 1. The summed E-state index contributed by atoms with van der Waals surface area (Å²) >= 11 is 0. The number of aromatic nitrogens is 8. The molecule has 0 radical (unpaired) electrons. The molecule has 208 valence electrons. The number of benzene rings is 1. The number of H-pyrrole nitrogens is 2. The van der Waals surface area contributed by atoms with Gasteiger partial charge in [0.05, 0.1) is 23.0 Å². The summed E-state index contributed by atoms with van der Waals surface area (Å²) in [6, 6.07) is 4.84. The van der Waals surface area contributed by atoms with Crippen LogP contribution in [0.1, 0.15) is 70.9 Å². The molecule has 6 heterocycles. The standard InChI is InChI=1S/C28H27FN10O2/c1-13-10-31-25(35-13)19-6-3-15(9-21(19)29)20-11-34-39-24(30)22(14(2)40)23(36-27(20)39)16-7-17-4-5-18(8-16)38(17)28(41)26-32-12-33-37-26/h3,6,9-12,16-18H,4-5,7-8,30H2,1-2H3,(H,31,35)(H,32,33,37)/t17-,18-/m1/s1. The first-order valence-electron chi connectivity index (χ1n) is 13.5. The fourth-order valence-corrected chi connectivity index (χ4v) is 6.48. The number of nitrogen functional groups attached to an aromatic ring is 1. The highest BCUT2D eigenvalue weighted by atomic mass is 19.1. The van der Waals surface area contributed by atoms with Gasteiger partial charge in [-0.2, -0.15) is 14.7 Å². The number of hydrogen-bond donors (Lipinski definition) is 3. The van der Waals surface area contributed by atoms with Crippen molar-refractivity contribution in [1.29, 1.82) is 0 Å². The van der Waals surface area contributed by atoms with Crippen molar-refractivity contribution >= 4 is 23.2 Å². The predicted octanol–water partition coefficient (Wildman–Crippen LogP) is 3.69. The van der Waals surface area contributed by atoms with E-state index < -0.39 is 5.82 Å². The summed E-state index contributed by atoms with van der Waals surface area (Å²) in [5, 5.41) is 10.9. The van der Waals surface area contributed by atoms with Gasteiger partial charge in [-0.25, -0.2) is 19.3 Å². The first-order valence-corrected chi connectivity index (χ1v) is 13.5. The number of aryl methyl sites for hydroxylation is 1. The zero-order valence-corrected chi connectivity index (χ0v) is 22.4. The van der Waals surface area contributed by atoms with Crippen LogP contribution in [-0.2, 0) is 0 Å². The summed E-state index contributed by atoms with van der Waals surface area (Å²) in [4.78, 5) is 44.2. The second-order valence-electron chi connectivity index (χ2n) is 10.8. The molecule has 2 saturated heterocycles. The monoisotopic (exact) mass is 554 g/mol. The van der Waals surface area contributed by atoms with E-state index in [0.717, 1.165) is 18.5 Å². The number of halogens is 1. The molecule has 2 aliphatic rings. The average molecular weight is 555 g/mol. The summed E-state index contributed by atoms with van der Waals surface area (Å²) in [6.45, 7) is 3.32. The van der Waals surface area contributed by atoms with Crippen molar-refractivity contribution in [2.45, 2.75) is 57.5 Å². The maximum atomic E-state index is 15.2. The Morgan fingerprint density at radius 1 is 1.10 bits per heavy atom. The molecule has 41 heavy (non-hydrogen) atoms. The Labute approximate surface area is 233 Å². The van der Waals surface area contributed by atoms with Crippen molar-refractivity contribution in [2.75, 3.05) is 5.73 Å². The van der Waals surface area contributed by atoms with Crippen LogP contribution >= 0.6 is 0 Å². The number of ketones is 1. The molecule has 0 spiro atoms. The van der Waals surface area contributed by atoms with E-state index in [-0.39, 0.29) is 41.3 Å². The molecule has 4 aromatic heterocycles. The van der Waals surface area contributed by atoms with Crippen molar-refractivity contribution in [3.8, 4) is 22.5 Å². The minimum Gasteiger partial charge on any atom is -0.383 e. The largest absolute Gasteiger partial charge is 0.383 e. The van der Waals surface area contributed by atoms with Crippen LogP contribution in [0.4, 0.5) is 10.2 Å². The number of nitrogens with two attached hydrogens (primary N) is 1. The topological polar surface area (TPSA) is 164 Å². The van der Waals surface area contributed by atoms with Crippen molar-refractivity contribution < 1.29 is 14.0 Å². The second kappa shape index (κ2) is 9.32. The predicted molar refractivity (Wildman–Crippen MR) is 146 cm³/mol. The zero-order valence-electron chi connectivity index (χ0n) is 22.4. The van der Waals surface area contributed by atoms with Crippen LogP contribution in [0.15, 0.2) is 36.9 Å². The van der Waals surface area contributed by atoms with Crippen molar-refractivity contribution in [3.63, 3.8) is 0 Å². The Morgan fingerprint density at radius 2 is 1.88 bits per heavy atom. The fraction of sp³-hybridized carbons (Fsp3) is 0.321. The molecule has 2 atom stereocenters. The van der Waals surface area contributed by atoms with Gasteiger partial charge in [-0.1, -0.05) is 6.07 Å². The molecule has 0 unspecified atom stereocenters. The molecule has 2 fully saturated rings. The van der Waals surface area contributed by atoms with Crippen molar-refractivity contribution in [1.82, 2.24) is 44.6 Å². The molecule has 2 aliphatic heterocycles. The highest BCUT2D eigenvalue weighted by Crippen LogP contribution is 2.45. The van der Waals surface area contributed by atoms with Crippen molar-refractivity contribution in [3.05, 3.63) is 65.5 Å². The van der Waals surface area contributed by atoms with Crippen molar-refractivity contribution in [2.24, 2.45) is 0 Å². The Kier molecular flexibility index (Phi) is 5.70. The number of piperidine rings is 1. The van der Waals surface area contributed by atoms with Gasteiger partial charge in [0.1, 0.15) is 23.8 Å². The van der Waals surface area contributed by atoms with Gasteiger partial charge in [-0.05, 0) is 57.2 Å². The number of hydrogen-bond acceptors (Lipinski definition) is 8. The van der Waals surface area contributed by atoms with Crippen LogP contribution in [0, 0.1) is 12.7 Å². The summed E-state index contributed by atoms with van der Waals surface area (Å²) in [5.74, 6) is -0.0501. The number of aromatic amines is 2. The van der Waals surface area contributed by atoms with E-state index in [0.29, 0.717) is 52.3 Å². The SMILES string of the molecule is CC(=O)c1c(C2C[C@H]3CC[C@H](C2)N3C(=O)c2ncn[nH]2)nc2c(-c3ccc(-c4ncc(C)[nH]4)c(F)c3)cnn2c1N. The lowest BCUT2D eigenvalue weighted by atomic mass is 9.85. The minimum absolute atomic E-state index is 0.0216. The number of carbonyl (C=O) groups excluding carboxylic acids is 2. The van der Waals surface area contributed by atoms with Crippen LogP contribution in [0.3, 0.4) is 0 Å². The maximum Gasteiger partial charge on any atom is 0.291 e. The molecule has 4 N–H and O–H groups in total. The minimum atomic E-state index is -0.440. The van der Waals surface area contributed by atoms with Crippen LogP contribution in [0.2, 0.25) is 0 Å². The van der Waals surface area contributed by atoms with E-state index in [1.165, 1.54) is 23.8 Å². The number of nitrogens with zero attached hydrogens (tertiary/aromatic N) is 7. The number of rotatable bonds is 5. The third-order valence-corrected chi connectivity index (χ3v) is 8.27. The molecule has 0 saturated carbocycles. The van der Waals surface area contributed by atoms with Gasteiger partial charge in [-0.3, -0.25) is 14.7 Å². The average Bonchev–Trinajstić information content (AvgIpc) is 3.75. The lowest BCUT2D eigenvalue weighted by Crippen LogP contribution is -2.46. The molecule has 1 amide bonds. The first-order chi connectivity index (χ1) is 19.8. The van der Waals surface area contributed by atoms with Gasteiger partial charge >= 0.3 is 0 Å². The van der Waals surface area contributed by atoms with Gasteiger partial charge in [-0.15, -0.1) is 0 Å². The number of amides is 1. The van der Waals surface area contributed by atoms with Gasteiger partial charge in [0.2, 0.25) is 5.82 Å². The lowest BCUT2D eigenvalue weighted by molar-refractivity contribution is 0.0556. The van der Waals surface area contributed by atoms with E-state index in [1.54, 1.807) is 24.5 Å². The Hall–Kier alpha value is -4.94. The lowest BCUT2D eigenvalue weighted by Gasteiger charge is -2.38. The second-order valence-corrected chi connectivity index (χ2v) is 10.8. The normalized spacial score (nSPS) is 20.2. The molecule has 2 bridgehead atoms. The third-order valence-electron chi connectivity index (χ3n) is 8.27. The van der Waals surface area contributed by atoms with E-state index in [1.807, 2.05) is 11.8 Å². The zero-order chi connectivity index (χ0) is 28.4. The summed E-state index contributed by atoms with van der Waals surface area (Å²) < 4.78 is 16.7. The van der Waals surface area contributed by atoms with Crippen LogP contribution in [0.25, 0.3) is 28.2 Å². The summed E-state index contributed by atoms with van der Waals surface area (Å²) in [7, 11) is 0. The molecule has 12 nitrogen and oxygen atoms in total. The molecule has 0 aliphatic carbocycles. The Balaban J connectivity index is 1.28. The number of nitrogens with one attached hydrogen (secondary N) is 2.